The van der Waals surface area contributed by atoms with E-state index in [2.05, 4.69) is 4.72 Å². The SMILES string of the molecule is Cc1ccc(S(=O)(=O)N[C@@H]2CCC[C@@H](C(=O)Oc3ccc4c(c3)oc(=O)c3ccccc34)C2)cc1. The van der Waals surface area contributed by atoms with Gasteiger partial charge in [-0.15, -0.1) is 0 Å². The molecule has 0 bridgehead atoms. The average Bonchev–Trinajstić information content (AvgIpc) is 2.84. The van der Waals surface area contributed by atoms with Crippen molar-refractivity contribution in [1.82, 2.24) is 4.72 Å². The van der Waals surface area contributed by atoms with Crippen LogP contribution in [0.1, 0.15) is 31.2 Å². The van der Waals surface area contributed by atoms with Gasteiger partial charge in [-0.25, -0.2) is 17.9 Å². The molecule has 35 heavy (non-hydrogen) atoms. The van der Waals surface area contributed by atoms with Crippen molar-refractivity contribution in [2.75, 3.05) is 0 Å². The molecule has 1 heterocycles. The number of rotatable bonds is 5. The summed E-state index contributed by atoms with van der Waals surface area (Å²) >= 11 is 0. The van der Waals surface area contributed by atoms with Gasteiger partial charge in [0.25, 0.3) is 0 Å². The largest absolute Gasteiger partial charge is 0.426 e. The number of hydrogen-bond donors (Lipinski definition) is 1. The first-order valence-corrected chi connectivity index (χ1v) is 13.0. The predicted octanol–water partition coefficient (Wildman–Crippen LogP) is 4.70. The van der Waals surface area contributed by atoms with Gasteiger partial charge in [-0.2, -0.15) is 0 Å². The lowest BCUT2D eigenvalue weighted by Crippen LogP contribution is -2.40. The topological polar surface area (TPSA) is 103 Å². The summed E-state index contributed by atoms with van der Waals surface area (Å²) in [7, 11) is -3.68. The van der Waals surface area contributed by atoms with Crippen LogP contribution >= 0.6 is 0 Å². The minimum Gasteiger partial charge on any atom is -0.426 e. The van der Waals surface area contributed by atoms with Gasteiger partial charge in [0.1, 0.15) is 11.3 Å². The minimum atomic E-state index is -3.68. The van der Waals surface area contributed by atoms with Crippen molar-refractivity contribution in [3.8, 4) is 5.75 Å². The summed E-state index contributed by atoms with van der Waals surface area (Å²) in [5.74, 6) is -0.580. The molecule has 4 aromatic rings. The number of benzene rings is 3. The van der Waals surface area contributed by atoms with Gasteiger partial charge < -0.3 is 9.15 Å². The first-order chi connectivity index (χ1) is 16.8. The third kappa shape index (κ3) is 4.85. The fraction of sp³-hybridized carbons (Fsp3) is 0.259. The highest BCUT2D eigenvalue weighted by molar-refractivity contribution is 7.89. The van der Waals surface area contributed by atoms with Crippen molar-refractivity contribution in [2.24, 2.45) is 5.92 Å². The number of nitrogens with one attached hydrogen (secondary N) is 1. The van der Waals surface area contributed by atoms with Crippen molar-refractivity contribution in [1.29, 1.82) is 0 Å². The molecule has 0 unspecified atom stereocenters. The van der Waals surface area contributed by atoms with E-state index >= 15 is 0 Å². The van der Waals surface area contributed by atoms with Crippen molar-refractivity contribution in [3.63, 3.8) is 0 Å². The van der Waals surface area contributed by atoms with Crippen LogP contribution in [0.25, 0.3) is 21.7 Å². The molecule has 1 fully saturated rings. The highest BCUT2D eigenvalue weighted by atomic mass is 32.2. The molecule has 1 N–H and O–H groups in total. The number of carbonyl (C=O) groups excluding carboxylic acids is 1. The molecule has 0 spiro atoms. The highest BCUT2D eigenvalue weighted by Crippen LogP contribution is 2.30. The summed E-state index contributed by atoms with van der Waals surface area (Å²) < 4.78 is 39.3. The van der Waals surface area contributed by atoms with E-state index in [9.17, 15) is 18.0 Å². The fourth-order valence-electron chi connectivity index (χ4n) is 4.64. The van der Waals surface area contributed by atoms with Gasteiger partial charge >= 0.3 is 11.6 Å². The monoisotopic (exact) mass is 491 g/mol. The Kier molecular flexibility index (Phi) is 6.17. The lowest BCUT2D eigenvalue weighted by atomic mass is 9.86. The molecule has 1 aromatic heterocycles. The Labute approximate surface area is 202 Å². The number of sulfonamides is 1. The molecule has 2 atom stereocenters. The molecular weight excluding hydrogens is 466 g/mol. The van der Waals surface area contributed by atoms with Crippen LogP contribution in [0.5, 0.6) is 5.75 Å². The standard InChI is InChI=1S/C27H25NO6S/c1-17-9-12-21(13-10-17)35(31,32)28-19-6-4-5-18(15-19)26(29)33-20-11-14-23-22-7-2-3-8-24(22)27(30)34-25(23)16-20/h2-3,7-14,16,18-19,28H,4-6,15H2,1H3/t18-,19-/m1/s1. The molecule has 0 radical (unpaired) electrons. The van der Waals surface area contributed by atoms with Crippen LogP contribution < -0.4 is 15.1 Å². The Hall–Kier alpha value is -3.49. The van der Waals surface area contributed by atoms with Gasteiger partial charge in [-0.05, 0) is 61.9 Å². The molecule has 1 aliphatic rings. The number of hydrogen-bond acceptors (Lipinski definition) is 6. The van der Waals surface area contributed by atoms with E-state index in [0.717, 1.165) is 16.3 Å². The molecule has 3 aromatic carbocycles. The maximum Gasteiger partial charge on any atom is 0.344 e. The third-order valence-electron chi connectivity index (χ3n) is 6.47. The Morgan fingerprint density at radius 3 is 2.49 bits per heavy atom. The second-order valence-electron chi connectivity index (χ2n) is 9.01. The second-order valence-corrected chi connectivity index (χ2v) is 10.7. The fourth-order valence-corrected chi connectivity index (χ4v) is 5.92. The molecule has 0 amide bonds. The molecule has 180 valence electrons. The van der Waals surface area contributed by atoms with Crippen molar-refractivity contribution in [3.05, 3.63) is 82.7 Å². The van der Waals surface area contributed by atoms with E-state index in [1.54, 1.807) is 54.6 Å². The average molecular weight is 492 g/mol. The van der Waals surface area contributed by atoms with Crippen molar-refractivity contribution < 1.29 is 22.4 Å². The maximum absolute atomic E-state index is 12.9. The lowest BCUT2D eigenvalue weighted by molar-refractivity contribution is -0.140. The Morgan fingerprint density at radius 1 is 0.971 bits per heavy atom. The van der Waals surface area contributed by atoms with Gasteiger partial charge in [0.05, 0.1) is 16.2 Å². The molecule has 1 saturated carbocycles. The van der Waals surface area contributed by atoms with Gasteiger partial charge in [0.15, 0.2) is 0 Å². The maximum atomic E-state index is 12.9. The van der Waals surface area contributed by atoms with E-state index in [4.69, 9.17) is 9.15 Å². The third-order valence-corrected chi connectivity index (χ3v) is 8.01. The molecule has 7 nitrogen and oxygen atoms in total. The molecule has 0 aliphatic heterocycles. The van der Waals surface area contributed by atoms with Crippen LogP contribution in [0.4, 0.5) is 0 Å². The first-order valence-electron chi connectivity index (χ1n) is 11.6. The lowest BCUT2D eigenvalue weighted by Gasteiger charge is -2.28. The Balaban J connectivity index is 1.30. The Bertz CT molecular complexity index is 1570. The van der Waals surface area contributed by atoms with E-state index in [0.29, 0.717) is 36.7 Å². The van der Waals surface area contributed by atoms with Gasteiger partial charge in [-0.3, -0.25) is 4.79 Å². The number of aryl methyl sites for hydroxylation is 1. The summed E-state index contributed by atoms with van der Waals surface area (Å²) in [6, 6.07) is 18.5. The molecule has 8 heteroatoms. The second kappa shape index (κ2) is 9.28. The summed E-state index contributed by atoms with van der Waals surface area (Å²) in [6.45, 7) is 1.90. The number of fused-ring (bicyclic) bond motifs is 3. The van der Waals surface area contributed by atoms with Gasteiger partial charge in [0.2, 0.25) is 10.0 Å². The summed E-state index contributed by atoms with van der Waals surface area (Å²) in [5, 5.41) is 2.02. The zero-order valence-electron chi connectivity index (χ0n) is 19.2. The van der Waals surface area contributed by atoms with Crippen LogP contribution in [0.15, 0.2) is 80.8 Å². The minimum absolute atomic E-state index is 0.206. The number of esters is 1. The molecule has 0 saturated heterocycles. The number of ether oxygens (including phenoxy) is 1. The van der Waals surface area contributed by atoms with E-state index in [1.165, 1.54) is 0 Å². The predicted molar refractivity (Wildman–Crippen MR) is 133 cm³/mol. The van der Waals surface area contributed by atoms with E-state index in [-0.39, 0.29) is 16.7 Å². The molecule has 5 rings (SSSR count). The zero-order chi connectivity index (χ0) is 24.6. The summed E-state index contributed by atoms with van der Waals surface area (Å²) in [6.07, 6.45) is 2.34. The van der Waals surface area contributed by atoms with E-state index < -0.39 is 27.5 Å². The summed E-state index contributed by atoms with van der Waals surface area (Å²) in [4.78, 5) is 25.4. The van der Waals surface area contributed by atoms with Crippen LogP contribution in [0.3, 0.4) is 0 Å². The summed E-state index contributed by atoms with van der Waals surface area (Å²) in [5.41, 5.74) is 0.865. The van der Waals surface area contributed by atoms with Gasteiger partial charge in [-0.1, -0.05) is 42.3 Å². The first kappa shape index (κ1) is 23.3. The van der Waals surface area contributed by atoms with Gasteiger partial charge in [0, 0.05) is 17.5 Å². The van der Waals surface area contributed by atoms with Crippen LogP contribution in [0, 0.1) is 12.8 Å². The molecule has 1 aliphatic carbocycles. The zero-order valence-corrected chi connectivity index (χ0v) is 20.0. The highest BCUT2D eigenvalue weighted by Gasteiger charge is 2.31. The van der Waals surface area contributed by atoms with Crippen molar-refractivity contribution in [2.45, 2.75) is 43.5 Å². The normalized spacial score (nSPS) is 18.5. The molecular formula is C27H25NO6S. The van der Waals surface area contributed by atoms with E-state index in [1.807, 2.05) is 19.1 Å². The van der Waals surface area contributed by atoms with Crippen molar-refractivity contribution >= 4 is 37.7 Å². The smallest absolute Gasteiger partial charge is 0.344 e. The van der Waals surface area contributed by atoms with Crippen LogP contribution in [-0.4, -0.2) is 20.4 Å². The number of carbonyl (C=O) groups is 1. The van der Waals surface area contributed by atoms with Crippen LogP contribution in [-0.2, 0) is 14.8 Å². The van der Waals surface area contributed by atoms with Crippen LogP contribution in [0.2, 0.25) is 0 Å². The quantitative estimate of drug-likeness (QED) is 0.188. The Morgan fingerprint density at radius 2 is 1.71 bits per heavy atom.